The van der Waals surface area contributed by atoms with Crippen LogP contribution >= 0.6 is 0 Å². The van der Waals surface area contributed by atoms with E-state index in [4.69, 9.17) is 9.98 Å². The van der Waals surface area contributed by atoms with E-state index in [0.29, 0.717) is 0 Å². The van der Waals surface area contributed by atoms with Crippen molar-refractivity contribution in [1.82, 2.24) is 9.80 Å². The molecular weight excluding hydrogens is 392 g/mol. The molecule has 2 rings (SSSR count). The molecule has 0 fully saturated rings. The Balaban J connectivity index is 2.87. The lowest BCUT2D eigenvalue weighted by molar-refractivity contribution is 0.440. The number of aliphatic imine (C=N–C) groups is 2. The fourth-order valence-electron chi connectivity index (χ4n) is 4.48. The van der Waals surface area contributed by atoms with E-state index in [1.54, 1.807) is 0 Å². The van der Waals surface area contributed by atoms with Crippen LogP contribution in [0, 0.1) is 41.5 Å². The normalized spacial score (nSPS) is 12.3. The Morgan fingerprint density at radius 1 is 0.531 bits per heavy atom. The van der Waals surface area contributed by atoms with Gasteiger partial charge in [0.1, 0.15) is 0 Å². The summed E-state index contributed by atoms with van der Waals surface area (Å²) >= 11 is 0. The zero-order valence-corrected chi connectivity index (χ0v) is 21.9. The average molecular weight is 435 g/mol. The smallest absolute Gasteiger partial charge is 0.172 e. The largest absolute Gasteiger partial charge is 0.354 e. The Kier molecular flexibility index (Phi) is 9.06. The maximum atomic E-state index is 5.30. The van der Waals surface area contributed by atoms with Crippen molar-refractivity contribution in [2.24, 2.45) is 9.98 Å². The SMILES string of the molecule is CCN(CC)C(=Nc1c(C)cc(C)cc1C)C(=Nc1c(C)cc(C)cc1C)N(CC)CC. The minimum absolute atomic E-state index is 0.880. The molecular formula is C28H42N4. The van der Waals surface area contributed by atoms with E-state index in [1.807, 2.05) is 0 Å². The molecule has 0 atom stereocenters. The molecule has 0 aromatic heterocycles. The van der Waals surface area contributed by atoms with Crippen LogP contribution in [0.5, 0.6) is 0 Å². The van der Waals surface area contributed by atoms with E-state index in [1.165, 1.54) is 33.4 Å². The lowest BCUT2D eigenvalue weighted by atomic mass is 10.1. The van der Waals surface area contributed by atoms with E-state index >= 15 is 0 Å². The Bertz CT molecular complexity index is 865. The van der Waals surface area contributed by atoms with Gasteiger partial charge in [0, 0.05) is 26.2 Å². The molecule has 0 heterocycles. The van der Waals surface area contributed by atoms with Gasteiger partial charge in [-0.15, -0.1) is 0 Å². The third kappa shape index (κ3) is 5.79. The van der Waals surface area contributed by atoms with Gasteiger partial charge in [-0.2, -0.15) is 0 Å². The fraction of sp³-hybridized carbons (Fsp3) is 0.500. The lowest BCUT2D eigenvalue weighted by Gasteiger charge is -2.31. The number of rotatable bonds is 6. The van der Waals surface area contributed by atoms with Gasteiger partial charge in [0.25, 0.3) is 0 Å². The molecule has 0 amide bonds. The minimum atomic E-state index is 0.880. The van der Waals surface area contributed by atoms with Gasteiger partial charge >= 0.3 is 0 Å². The fourth-order valence-corrected chi connectivity index (χ4v) is 4.48. The summed E-state index contributed by atoms with van der Waals surface area (Å²) < 4.78 is 0. The van der Waals surface area contributed by atoms with Gasteiger partial charge in [-0.3, -0.25) is 0 Å². The van der Waals surface area contributed by atoms with Crippen molar-refractivity contribution in [3.8, 4) is 0 Å². The number of aryl methyl sites for hydroxylation is 6. The van der Waals surface area contributed by atoms with Crippen molar-refractivity contribution >= 4 is 23.0 Å². The van der Waals surface area contributed by atoms with Gasteiger partial charge in [0.05, 0.1) is 11.4 Å². The predicted octanol–water partition coefficient (Wildman–Crippen LogP) is 6.98. The maximum Gasteiger partial charge on any atom is 0.172 e. The van der Waals surface area contributed by atoms with Crippen molar-refractivity contribution < 1.29 is 0 Å². The molecule has 0 aliphatic heterocycles. The van der Waals surface area contributed by atoms with Crippen molar-refractivity contribution in [3.63, 3.8) is 0 Å². The molecule has 0 spiro atoms. The average Bonchev–Trinajstić information content (AvgIpc) is 2.72. The lowest BCUT2D eigenvalue weighted by Crippen LogP contribution is -2.45. The summed E-state index contributed by atoms with van der Waals surface area (Å²) in [5, 5.41) is 0. The van der Waals surface area contributed by atoms with E-state index in [2.05, 4.69) is 103 Å². The molecule has 0 saturated carbocycles. The zero-order valence-electron chi connectivity index (χ0n) is 21.9. The van der Waals surface area contributed by atoms with Gasteiger partial charge in [-0.25, -0.2) is 9.98 Å². The number of hydrogen-bond acceptors (Lipinski definition) is 2. The molecule has 2 aromatic carbocycles. The highest BCUT2D eigenvalue weighted by Gasteiger charge is 2.22. The van der Waals surface area contributed by atoms with E-state index in [-0.39, 0.29) is 0 Å². The standard InChI is InChI=1S/C28H42N4/c1-11-31(12-2)27(29-25-21(7)15-19(5)16-22(25)8)28(32(13-3)14-4)30-26-23(9)17-20(6)18-24(26)10/h15-18H,11-14H2,1-10H3. The monoisotopic (exact) mass is 434 g/mol. The Hall–Kier alpha value is -2.62. The van der Waals surface area contributed by atoms with Gasteiger partial charge in [-0.1, -0.05) is 35.4 Å². The van der Waals surface area contributed by atoms with Crippen LogP contribution < -0.4 is 0 Å². The molecule has 0 unspecified atom stereocenters. The molecule has 0 radical (unpaired) electrons. The Morgan fingerprint density at radius 2 is 0.781 bits per heavy atom. The number of amidine groups is 2. The highest BCUT2D eigenvalue weighted by Crippen LogP contribution is 2.28. The molecule has 0 bridgehead atoms. The quantitative estimate of drug-likeness (QED) is 0.363. The van der Waals surface area contributed by atoms with Crippen molar-refractivity contribution in [1.29, 1.82) is 0 Å². The summed E-state index contributed by atoms with van der Waals surface area (Å²) in [6.45, 7) is 25.2. The van der Waals surface area contributed by atoms with Crippen LogP contribution in [0.1, 0.15) is 61.1 Å². The number of likely N-dealkylation sites (N-methyl/N-ethyl adjacent to an activating group) is 2. The molecule has 0 N–H and O–H groups in total. The first-order chi connectivity index (χ1) is 15.2. The summed E-state index contributed by atoms with van der Waals surface area (Å²) in [6, 6.07) is 8.87. The van der Waals surface area contributed by atoms with Crippen LogP contribution in [0.3, 0.4) is 0 Å². The molecule has 4 heteroatoms. The summed E-state index contributed by atoms with van der Waals surface area (Å²) in [6.07, 6.45) is 0. The van der Waals surface area contributed by atoms with Gasteiger partial charge < -0.3 is 9.80 Å². The van der Waals surface area contributed by atoms with Crippen molar-refractivity contribution in [2.45, 2.75) is 69.2 Å². The van der Waals surface area contributed by atoms with E-state index in [0.717, 1.165) is 49.2 Å². The second-order valence-electron chi connectivity index (χ2n) is 8.71. The molecule has 0 aliphatic carbocycles. The first kappa shape index (κ1) is 25.6. The van der Waals surface area contributed by atoms with Crippen LogP contribution in [0.25, 0.3) is 0 Å². The molecule has 4 nitrogen and oxygen atoms in total. The zero-order chi connectivity index (χ0) is 24.0. The van der Waals surface area contributed by atoms with Crippen LogP contribution in [0.15, 0.2) is 34.3 Å². The molecule has 2 aromatic rings. The summed E-state index contributed by atoms with van der Waals surface area (Å²) in [4.78, 5) is 15.3. The molecule has 174 valence electrons. The number of benzene rings is 2. The van der Waals surface area contributed by atoms with Crippen molar-refractivity contribution in [3.05, 3.63) is 57.6 Å². The summed E-state index contributed by atoms with van der Waals surface area (Å²) in [7, 11) is 0. The third-order valence-electron chi connectivity index (χ3n) is 6.03. The Morgan fingerprint density at radius 3 is 1.00 bits per heavy atom. The topological polar surface area (TPSA) is 31.2 Å². The van der Waals surface area contributed by atoms with Gasteiger partial charge in [-0.05, 0) is 91.5 Å². The third-order valence-corrected chi connectivity index (χ3v) is 6.03. The van der Waals surface area contributed by atoms with Crippen LogP contribution in [-0.4, -0.2) is 47.7 Å². The van der Waals surface area contributed by atoms with Gasteiger partial charge in [0.2, 0.25) is 0 Å². The highest BCUT2D eigenvalue weighted by molar-refractivity contribution is 6.41. The molecule has 32 heavy (non-hydrogen) atoms. The maximum absolute atomic E-state index is 5.30. The highest BCUT2D eigenvalue weighted by atomic mass is 15.3. The van der Waals surface area contributed by atoms with Gasteiger partial charge in [0.15, 0.2) is 11.7 Å². The predicted molar refractivity (Wildman–Crippen MR) is 141 cm³/mol. The number of hydrogen-bond donors (Lipinski definition) is 0. The van der Waals surface area contributed by atoms with Crippen LogP contribution in [0.2, 0.25) is 0 Å². The number of nitrogens with zero attached hydrogens (tertiary/aromatic N) is 4. The minimum Gasteiger partial charge on any atom is -0.354 e. The van der Waals surface area contributed by atoms with Crippen LogP contribution in [0.4, 0.5) is 11.4 Å². The summed E-state index contributed by atoms with van der Waals surface area (Å²) in [5.41, 5.74) is 9.45. The first-order valence-electron chi connectivity index (χ1n) is 12.0. The van der Waals surface area contributed by atoms with E-state index in [9.17, 15) is 0 Å². The van der Waals surface area contributed by atoms with Crippen LogP contribution in [-0.2, 0) is 0 Å². The Labute approximate surface area is 196 Å². The first-order valence-corrected chi connectivity index (χ1v) is 12.0. The molecule has 0 saturated heterocycles. The summed E-state index contributed by atoms with van der Waals surface area (Å²) in [5.74, 6) is 1.90. The van der Waals surface area contributed by atoms with Crippen molar-refractivity contribution in [2.75, 3.05) is 26.2 Å². The second-order valence-corrected chi connectivity index (χ2v) is 8.71. The second kappa shape index (κ2) is 11.3. The molecule has 0 aliphatic rings. The van der Waals surface area contributed by atoms with E-state index < -0.39 is 0 Å².